The van der Waals surface area contributed by atoms with Crippen molar-refractivity contribution < 1.29 is 14.3 Å². The summed E-state index contributed by atoms with van der Waals surface area (Å²) in [5.74, 6) is 0.0894. The highest BCUT2D eigenvalue weighted by atomic mass is 16.5. The van der Waals surface area contributed by atoms with Crippen molar-refractivity contribution in [3.8, 4) is 0 Å². The normalized spacial score (nSPS) is 26.0. The number of ether oxygens (including phenoxy) is 1. The van der Waals surface area contributed by atoms with Crippen molar-refractivity contribution in [2.24, 2.45) is 0 Å². The van der Waals surface area contributed by atoms with E-state index in [1.807, 2.05) is 6.92 Å². The first kappa shape index (κ1) is 14.3. The second kappa shape index (κ2) is 5.90. The summed E-state index contributed by atoms with van der Waals surface area (Å²) in [6.07, 6.45) is 4.40. The minimum absolute atomic E-state index is 0.0158. The van der Waals surface area contributed by atoms with E-state index in [2.05, 4.69) is 5.32 Å². The third-order valence-corrected chi connectivity index (χ3v) is 4.23. The predicted molar refractivity (Wildman–Crippen MR) is 71.6 cm³/mol. The van der Waals surface area contributed by atoms with E-state index >= 15 is 0 Å². The molecule has 5 nitrogen and oxygen atoms in total. The molecule has 1 aliphatic carbocycles. The molecule has 1 spiro atoms. The highest BCUT2D eigenvalue weighted by Gasteiger charge is 2.50. The summed E-state index contributed by atoms with van der Waals surface area (Å²) >= 11 is 0. The lowest BCUT2D eigenvalue weighted by atomic mass is 9.91. The lowest BCUT2D eigenvalue weighted by Gasteiger charge is -2.43. The molecular weight excluding hydrogens is 244 g/mol. The minimum atomic E-state index is -0.602. The van der Waals surface area contributed by atoms with Crippen molar-refractivity contribution in [3.63, 3.8) is 0 Å². The molecule has 2 rings (SSSR count). The predicted octanol–water partition coefficient (Wildman–Crippen LogP) is 1.07. The Morgan fingerprint density at radius 2 is 2.05 bits per heavy atom. The Hall–Kier alpha value is -1.10. The topological polar surface area (TPSA) is 58.6 Å². The van der Waals surface area contributed by atoms with Crippen molar-refractivity contribution in [2.75, 3.05) is 19.8 Å². The van der Waals surface area contributed by atoms with Gasteiger partial charge in [-0.3, -0.25) is 9.59 Å². The summed E-state index contributed by atoms with van der Waals surface area (Å²) in [6.45, 7) is 5.69. The van der Waals surface area contributed by atoms with Crippen molar-refractivity contribution >= 4 is 11.8 Å². The van der Waals surface area contributed by atoms with Crippen LogP contribution in [0, 0.1) is 0 Å². The number of nitrogens with one attached hydrogen (secondary N) is 1. The van der Waals surface area contributed by atoms with E-state index in [0.29, 0.717) is 19.8 Å². The van der Waals surface area contributed by atoms with Gasteiger partial charge in [-0.25, -0.2) is 0 Å². The van der Waals surface area contributed by atoms with Gasteiger partial charge in [-0.2, -0.15) is 0 Å². The first-order valence-corrected chi connectivity index (χ1v) is 7.31. The van der Waals surface area contributed by atoms with E-state index in [9.17, 15) is 9.59 Å². The molecule has 2 amide bonds. The average Bonchev–Trinajstić information content (AvgIpc) is 2.85. The molecule has 2 aliphatic rings. The van der Waals surface area contributed by atoms with Gasteiger partial charge in [-0.1, -0.05) is 12.8 Å². The maximum absolute atomic E-state index is 12.6. The van der Waals surface area contributed by atoms with E-state index in [1.54, 1.807) is 11.8 Å². The molecule has 0 aromatic rings. The first-order valence-electron chi connectivity index (χ1n) is 7.31. The van der Waals surface area contributed by atoms with Gasteiger partial charge in [-0.05, 0) is 33.1 Å². The smallest absolute Gasteiger partial charge is 0.248 e. The quantitative estimate of drug-likeness (QED) is 0.759. The molecule has 0 radical (unpaired) electrons. The highest BCUT2D eigenvalue weighted by molar-refractivity contribution is 5.99. The molecule has 1 heterocycles. The van der Waals surface area contributed by atoms with Crippen LogP contribution in [0.4, 0.5) is 0 Å². The molecule has 0 aromatic heterocycles. The fourth-order valence-corrected chi connectivity index (χ4v) is 3.08. The lowest BCUT2D eigenvalue weighted by Crippen LogP contribution is -2.68. The van der Waals surface area contributed by atoms with Crippen LogP contribution in [0.2, 0.25) is 0 Å². The SMILES string of the molecule is CCOCCCN1C(=O)C2(CCCC2)NC(=O)C1C. The fourth-order valence-electron chi connectivity index (χ4n) is 3.08. The number of nitrogens with zero attached hydrogens (tertiary/aromatic N) is 1. The Kier molecular flexibility index (Phi) is 4.45. The van der Waals surface area contributed by atoms with Crippen LogP contribution in [-0.2, 0) is 14.3 Å². The summed E-state index contributed by atoms with van der Waals surface area (Å²) in [5, 5.41) is 2.96. The number of hydrogen-bond donors (Lipinski definition) is 1. The molecule has 1 unspecified atom stereocenters. The van der Waals surface area contributed by atoms with E-state index in [4.69, 9.17) is 4.74 Å². The van der Waals surface area contributed by atoms with Gasteiger partial charge in [0.25, 0.3) is 0 Å². The zero-order valence-corrected chi connectivity index (χ0v) is 11.9. The number of carbonyl (C=O) groups excluding carboxylic acids is 2. The van der Waals surface area contributed by atoms with Gasteiger partial charge in [0.15, 0.2) is 0 Å². The Labute approximate surface area is 114 Å². The third kappa shape index (κ3) is 2.76. The Morgan fingerprint density at radius 3 is 2.68 bits per heavy atom. The zero-order chi connectivity index (χ0) is 13.9. The third-order valence-electron chi connectivity index (χ3n) is 4.23. The molecule has 1 saturated heterocycles. The zero-order valence-electron chi connectivity index (χ0n) is 11.9. The molecule has 0 aromatic carbocycles. The summed E-state index contributed by atoms with van der Waals surface area (Å²) in [6, 6.07) is -0.361. The molecule has 2 fully saturated rings. The van der Waals surface area contributed by atoms with Crippen LogP contribution in [0.5, 0.6) is 0 Å². The van der Waals surface area contributed by atoms with Crippen molar-refractivity contribution in [3.05, 3.63) is 0 Å². The van der Waals surface area contributed by atoms with Crippen LogP contribution in [0.1, 0.15) is 46.0 Å². The van der Waals surface area contributed by atoms with Gasteiger partial charge in [0.1, 0.15) is 11.6 Å². The summed E-state index contributed by atoms with van der Waals surface area (Å²) in [4.78, 5) is 26.4. The van der Waals surface area contributed by atoms with Crippen molar-refractivity contribution in [1.82, 2.24) is 10.2 Å². The van der Waals surface area contributed by atoms with E-state index in [1.165, 1.54) is 0 Å². The number of piperazine rings is 1. The number of rotatable bonds is 5. The Balaban J connectivity index is 2.02. The number of carbonyl (C=O) groups is 2. The average molecular weight is 268 g/mol. The molecule has 1 aliphatic heterocycles. The Morgan fingerprint density at radius 1 is 1.37 bits per heavy atom. The molecule has 0 bridgehead atoms. The van der Waals surface area contributed by atoms with Crippen molar-refractivity contribution in [1.29, 1.82) is 0 Å². The van der Waals surface area contributed by atoms with Gasteiger partial charge in [0, 0.05) is 19.8 Å². The van der Waals surface area contributed by atoms with Crippen LogP contribution in [-0.4, -0.2) is 48.1 Å². The number of amides is 2. The Bertz CT molecular complexity index is 351. The van der Waals surface area contributed by atoms with Gasteiger partial charge in [0.05, 0.1) is 0 Å². The summed E-state index contributed by atoms with van der Waals surface area (Å²) in [5.41, 5.74) is -0.602. The van der Waals surface area contributed by atoms with Crippen LogP contribution in [0.15, 0.2) is 0 Å². The largest absolute Gasteiger partial charge is 0.382 e. The molecule has 1 atom stereocenters. The van der Waals surface area contributed by atoms with Crippen LogP contribution < -0.4 is 5.32 Å². The molecule has 1 saturated carbocycles. The maximum Gasteiger partial charge on any atom is 0.248 e. The van der Waals surface area contributed by atoms with E-state index < -0.39 is 5.54 Å². The van der Waals surface area contributed by atoms with Crippen LogP contribution in [0.3, 0.4) is 0 Å². The van der Waals surface area contributed by atoms with Crippen LogP contribution >= 0.6 is 0 Å². The highest BCUT2D eigenvalue weighted by Crippen LogP contribution is 2.34. The minimum Gasteiger partial charge on any atom is -0.382 e. The molecular formula is C14H24N2O3. The molecule has 1 N–H and O–H groups in total. The van der Waals surface area contributed by atoms with E-state index in [0.717, 1.165) is 32.1 Å². The van der Waals surface area contributed by atoms with Gasteiger partial charge < -0.3 is 15.0 Å². The number of hydrogen-bond acceptors (Lipinski definition) is 3. The van der Waals surface area contributed by atoms with Gasteiger partial charge in [0.2, 0.25) is 11.8 Å². The summed E-state index contributed by atoms with van der Waals surface area (Å²) < 4.78 is 5.30. The molecule has 108 valence electrons. The lowest BCUT2D eigenvalue weighted by molar-refractivity contribution is -0.154. The van der Waals surface area contributed by atoms with E-state index in [-0.39, 0.29) is 17.9 Å². The fraction of sp³-hybridized carbons (Fsp3) is 0.857. The van der Waals surface area contributed by atoms with Crippen molar-refractivity contribution in [2.45, 2.75) is 57.5 Å². The summed E-state index contributed by atoms with van der Waals surface area (Å²) in [7, 11) is 0. The first-order chi connectivity index (χ1) is 9.10. The van der Waals surface area contributed by atoms with Gasteiger partial charge in [-0.15, -0.1) is 0 Å². The second-order valence-electron chi connectivity index (χ2n) is 5.50. The monoisotopic (exact) mass is 268 g/mol. The molecule has 5 heteroatoms. The van der Waals surface area contributed by atoms with Gasteiger partial charge >= 0.3 is 0 Å². The molecule has 19 heavy (non-hydrogen) atoms. The maximum atomic E-state index is 12.6. The second-order valence-corrected chi connectivity index (χ2v) is 5.50. The van der Waals surface area contributed by atoms with Crippen LogP contribution in [0.25, 0.3) is 0 Å². The standard InChI is InChI=1S/C14H24N2O3/c1-3-19-10-6-9-16-11(2)12(17)15-14(13(16)18)7-4-5-8-14/h11H,3-10H2,1-2H3,(H,15,17).